The molecule has 72 valence electrons. The van der Waals surface area contributed by atoms with Gasteiger partial charge in [0.15, 0.2) is 8.32 Å². The van der Waals surface area contributed by atoms with Crippen molar-refractivity contribution in [2.24, 2.45) is 0 Å². The monoisotopic (exact) mass is 206 g/mol. The highest BCUT2D eigenvalue weighted by Gasteiger charge is 2.23. The predicted octanol–water partition coefficient (Wildman–Crippen LogP) is -0.0961. The van der Waals surface area contributed by atoms with E-state index in [4.69, 9.17) is 13.6 Å². The summed E-state index contributed by atoms with van der Waals surface area (Å²) in [6.07, 6.45) is 0.395. The summed E-state index contributed by atoms with van der Waals surface area (Å²) in [6, 6.07) is 1.10. The fourth-order valence-corrected chi connectivity index (χ4v) is 2.25. The molecule has 0 spiro atoms. The van der Waals surface area contributed by atoms with Gasteiger partial charge in [-0.15, -0.1) is 0 Å². The van der Waals surface area contributed by atoms with Crippen LogP contribution in [0.3, 0.4) is 0 Å². The number of epoxide rings is 1. The van der Waals surface area contributed by atoms with E-state index >= 15 is 0 Å². The first-order chi connectivity index (χ1) is 5.64. The number of hydrogen-bond donors (Lipinski definition) is 0. The molecule has 1 aliphatic rings. The van der Waals surface area contributed by atoms with Gasteiger partial charge in [0.2, 0.25) is 0 Å². The average molecular weight is 206 g/mol. The first-order valence-electron chi connectivity index (χ1n) is 4.38. The molecule has 1 rings (SSSR count). The van der Waals surface area contributed by atoms with Gasteiger partial charge in [0.1, 0.15) is 16.6 Å². The van der Waals surface area contributed by atoms with E-state index in [1.807, 2.05) is 0 Å². The number of rotatable bonds is 6. The van der Waals surface area contributed by atoms with Crippen LogP contribution in [0.15, 0.2) is 0 Å². The summed E-state index contributed by atoms with van der Waals surface area (Å²) < 4.78 is 16.0. The first-order valence-corrected chi connectivity index (χ1v) is 8.32. The fourth-order valence-electron chi connectivity index (χ4n) is 0.799. The quantitative estimate of drug-likeness (QED) is 0.346. The molecule has 0 aromatic carbocycles. The minimum Gasteiger partial charge on any atom is -0.463 e. The van der Waals surface area contributed by atoms with E-state index in [1.165, 1.54) is 0 Å². The minimum atomic E-state index is -1.33. The molecule has 0 radical (unpaired) electrons. The van der Waals surface area contributed by atoms with Crippen LogP contribution in [0.2, 0.25) is 19.1 Å². The van der Waals surface area contributed by atoms with E-state index in [0.29, 0.717) is 6.10 Å². The van der Waals surface area contributed by atoms with Crippen LogP contribution in [-0.4, -0.2) is 44.7 Å². The van der Waals surface area contributed by atoms with E-state index in [9.17, 15) is 0 Å². The molecule has 0 aromatic rings. The van der Waals surface area contributed by atoms with Gasteiger partial charge < -0.3 is 13.6 Å². The molecule has 0 amide bonds. The van der Waals surface area contributed by atoms with Gasteiger partial charge in [-0.1, -0.05) is 0 Å². The van der Waals surface area contributed by atoms with Gasteiger partial charge in [-0.05, 0) is 19.1 Å². The van der Waals surface area contributed by atoms with Crippen molar-refractivity contribution in [1.82, 2.24) is 0 Å². The third-order valence-electron chi connectivity index (χ3n) is 2.11. The Hall–Kier alpha value is 0.314. The molecular weight excluding hydrogens is 188 g/mol. The summed E-state index contributed by atoms with van der Waals surface area (Å²) in [7, 11) is -0.477. The van der Waals surface area contributed by atoms with Crippen molar-refractivity contribution in [3.05, 3.63) is 0 Å². The van der Waals surface area contributed by atoms with Crippen LogP contribution >= 0.6 is 0 Å². The Bertz CT molecular complexity index is 137. The standard InChI is InChI=1S/C7H18O3Si2/c1-12(2,10-11)4-3-8-5-7-6-9-7/h7H,3-6H2,1-2,11H3. The Morgan fingerprint density at radius 2 is 2.25 bits per heavy atom. The summed E-state index contributed by atoms with van der Waals surface area (Å²) in [5.74, 6) is 0. The molecule has 0 aliphatic carbocycles. The summed E-state index contributed by atoms with van der Waals surface area (Å²) >= 11 is 0. The van der Waals surface area contributed by atoms with E-state index in [2.05, 4.69) is 13.1 Å². The third kappa shape index (κ3) is 4.37. The highest BCUT2D eigenvalue weighted by atomic mass is 28.4. The molecule has 1 saturated heterocycles. The predicted molar refractivity (Wildman–Crippen MR) is 53.9 cm³/mol. The van der Waals surface area contributed by atoms with Crippen molar-refractivity contribution < 1.29 is 13.6 Å². The van der Waals surface area contributed by atoms with Crippen LogP contribution < -0.4 is 0 Å². The molecule has 12 heavy (non-hydrogen) atoms. The Morgan fingerprint density at radius 3 is 2.75 bits per heavy atom. The zero-order chi connectivity index (χ0) is 9.03. The van der Waals surface area contributed by atoms with Gasteiger partial charge in [-0.25, -0.2) is 0 Å². The van der Waals surface area contributed by atoms with Gasteiger partial charge in [-0.2, -0.15) is 0 Å². The second-order valence-electron chi connectivity index (χ2n) is 3.74. The lowest BCUT2D eigenvalue weighted by Gasteiger charge is -2.20. The highest BCUT2D eigenvalue weighted by Crippen LogP contribution is 2.11. The second kappa shape index (κ2) is 4.52. The summed E-state index contributed by atoms with van der Waals surface area (Å²) in [4.78, 5) is 0. The normalized spacial score (nSPS) is 23.0. The van der Waals surface area contributed by atoms with Crippen molar-refractivity contribution in [2.45, 2.75) is 25.2 Å². The molecule has 5 heteroatoms. The average Bonchev–Trinajstić information content (AvgIpc) is 2.82. The van der Waals surface area contributed by atoms with Gasteiger partial charge in [0.05, 0.1) is 13.2 Å². The maximum Gasteiger partial charge on any atom is 0.174 e. The van der Waals surface area contributed by atoms with E-state index in [0.717, 1.165) is 36.4 Å². The summed E-state index contributed by atoms with van der Waals surface area (Å²) in [6.45, 7) is 6.96. The molecule has 1 fully saturated rings. The lowest BCUT2D eigenvalue weighted by molar-refractivity contribution is 0.126. The fraction of sp³-hybridized carbons (Fsp3) is 1.00. The topological polar surface area (TPSA) is 31.0 Å². The molecule has 1 atom stereocenters. The van der Waals surface area contributed by atoms with Crippen LogP contribution in [0.4, 0.5) is 0 Å². The van der Waals surface area contributed by atoms with Crippen molar-refractivity contribution in [1.29, 1.82) is 0 Å². The Kier molecular flexibility index (Phi) is 3.92. The Labute approximate surface area is 78.1 Å². The van der Waals surface area contributed by atoms with E-state index < -0.39 is 8.32 Å². The first kappa shape index (κ1) is 10.4. The molecule has 1 aliphatic heterocycles. The van der Waals surface area contributed by atoms with Crippen LogP contribution in [0.1, 0.15) is 0 Å². The number of ether oxygens (including phenoxy) is 2. The second-order valence-corrected chi connectivity index (χ2v) is 9.40. The van der Waals surface area contributed by atoms with Crippen LogP contribution in [0.25, 0.3) is 0 Å². The maximum atomic E-state index is 5.53. The Balaban J connectivity index is 1.92. The van der Waals surface area contributed by atoms with Gasteiger partial charge in [0.25, 0.3) is 0 Å². The molecule has 0 bridgehead atoms. The largest absolute Gasteiger partial charge is 0.463 e. The minimum absolute atomic E-state index is 0.395. The SMILES string of the molecule is C[Si](C)(CCOCC1CO1)O[SiH3]. The maximum absolute atomic E-state index is 5.53. The highest BCUT2D eigenvalue weighted by molar-refractivity contribution is 6.73. The van der Waals surface area contributed by atoms with Crippen LogP contribution in [-0.2, 0) is 13.6 Å². The van der Waals surface area contributed by atoms with Crippen molar-refractivity contribution >= 4 is 18.8 Å². The summed E-state index contributed by atoms with van der Waals surface area (Å²) in [5, 5.41) is 0. The molecule has 0 N–H and O–H groups in total. The zero-order valence-corrected chi connectivity index (χ0v) is 11.1. The zero-order valence-electron chi connectivity index (χ0n) is 8.13. The van der Waals surface area contributed by atoms with Gasteiger partial charge >= 0.3 is 0 Å². The van der Waals surface area contributed by atoms with Gasteiger partial charge in [0, 0.05) is 6.61 Å². The van der Waals surface area contributed by atoms with E-state index in [1.54, 1.807) is 0 Å². The smallest absolute Gasteiger partial charge is 0.174 e. The number of hydrogen-bond acceptors (Lipinski definition) is 3. The summed E-state index contributed by atoms with van der Waals surface area (Å²) in [5.41, 5.74) is 0. The van der Waals surface area contributed by atoms with Crippen molar-refractivity contribution in [3.63, 3.8) is 0 Å². The molecule has 1 heterocycles. The van der Waals surface area contributed by atoms with Crippen molar-refractivity contribution in [2.75, 3.05) is 19.8 Å². The molecular formula is C7H18O3Si2. The van der Waals surface area contributed by atoms with Gasteiger partial charge in [-0.3, -0.25) is 0 Å². The molecule has 0 saturated carbocycles. The lowest BCUT2D eigenvalue weighted by atomic mass is 10.5. The van der Waals surface area contributed by atoms with E-state index in [-0.39, 0.29) is 0 Å². The third-order valence-corrected chi connectivity index (χ3v) is 7.94. The molecule has 3 nitrogen and oxygen atoms in total. The van der Waals surface area contributed by atoms with Crippen molar-refractivity contribution in [3.8, 4) is 0 Å². The van der Waals surface area contributed by atoms with Crippen LogP contribution in [0, 0.1) is 0 Å². The Morgan fingerprint density at radius 1 is 1.58 bits per heavy atom. The molecule has 1 unspecified atom stereocenters. The van der Waals surface area contributed by atoms with Crippen LogP contribution in [0.5, 0.6) is 0 Å². The lowest BCUT2D eigenvalue weighted by Crippen LogP contribution is -2.30. The molecule has 0 aromatic heterocycles.